The number of nitrogens with zero attached hydrogens (tertiary/aromatic N) is 3. The molecule has 0 aliphatic heterocycles. The molecule has 1 heterocycles. The van der Waals surface area contributed by atoms with E-state index in [9.17, 15) is 9.59 Å². The molecule has 0 radical (unpaired) electrons. The number of carbonyl (C=O) groups is 2. The molecule has 5 nitrogen and oxygen atoms in total. The smallest absolute Gasteiger partial charge is 0.247 e. The second-order valence-corrected chi connectivity index (χ2v) is 7.53. The number of hydrogen-bond acceptors (Lipinski definition) is 2. The molecule has 2 amide bonds. The summed E-state index contributed by atoms with van der Waals surface area (Å²) in [5, 5.41) is 0. The highest BCUT2D eigenvalue weighted by Crippen LogP contribution is 2.10. The summed E-state index contributed by atoms with van der Waals surface area (Å²) in [5.74, 6) is 0.0643. The van der Waals surface area contributed by atoms with Gasteiger partial charge in [0.25, 0.3) is 0 Å². The van der Waals surface area contributed by atoms with Crippen LogP contribution < -0.4 is 0 Å². The predicted octanol–water partition coefficient (Wildman–Crippen LogP) is 3.74. The Balaban J connectivity index is 2.09. The van der Waals surface area contributed by atoms with Crippen molar-refractivity contribution in [2.45, 2.75) is 20.4 Å². The second kappa shape index (κ2) is 11.1. The van der Waals surface area contributed by atoms with Crippen LogP contribution in [-0.2, 0) is 23.2 Å². The van der Waals surface area contributed by atoms with Crippen molar-refractivity contribution < 1.29 is 9.59 Å². The first kappa shape index (κ1) is 22.2. The molecule has 2 aromatic rings. The quantitative estimate of drug-likeness (QED) is 0.456. The first-order valence-electron chi connectivity index (χ1n) is 9.91. The zero-order valence-corrected chi connectivity index (χ0v) is 17.6. The third kappa shape index (κ3) is 7.11. The fourth-order valence-corrected chi connectivity index (χ4v) is 3.04. The maximum Gasteiger partial charge on any atom is 0.247 e. The van der Waals surface area contributed by atoms with E-state index in [0.717, 1.165) is 11.3 Å². The van der Waals surface area contributed by atoms with E-state index in [1.54, 1.807) is 12.2 Å². The lowest BCUT2D eigenvalue weighted by Crippen LogP contribution is -2.43. The molecule has 5 heteroatoms. The van der Waals surface area contributed by atoms with E-state index in [0.29, 0.717) is 25.6 Å². The van der Waals surface area contributed by atoms with Gasteiger partial charge in [0.15, 0.2) is 0 Å². The molecule has 0 aliphatic rings. The summed E-state index contributed by atoms with van der Waals surface area (Å²) < 4.78 is 2.01. The average molecular weight is 394 g/mol. The average Bonchev–Trinajstić information content (AvgIpc) is 3.10. The van der Waals surface area contributed by atoms with E-state index in [1.165, 1.54) is 11.0 Å². The van der Waals surface area contributed by atoms with Crippen molar-refractivity contribution >= 4 is 17.9 Å². The van der Waals surface area contributed by atoms with Crippen LogP contribution in [0.3, 0.4) is 0 Å². The minimum absolute atomic E-state index is 0.0289. The molecule has 29 heavy (non-hydrogen) atoms. The van der Waals surface area contributed by atoms with Crippen molar-refractivity contribution in [3.05, 3.63) is 78.6 Å². The first-order valence-corrected chi connectivity index (χ1v) is 9.91. The zero-order chi connectivity index (χ0) is 21.2. The number of benzene rings is 1. The topological polar surface area (TPSA) is 45.6 Å². The molecule has 1 aromatic carbocycles. The summed E-state index contributed by atoms with van der Waals surface area (Å²) in [6, 6.07) is 13.6. The minimum atomic E-state index is -0.203. The Morgan fingerprint density at radius 3 is 2.41 bits per heavy atom. The van der Waals surface area contributed by atoms with Gasteiger partial charge in [0.1, 0.15) is 6.54 Å². The molecule has 0 fully saturated rings. The van der Waals surface area contributed by atoms with E-state index in [1.807, 2.05) is 65.2 Å². The molecule has 0 bridgehead atoms. The van der Waals surface area contributed by atoms with Gasteiger partial charge in [-0.1, -0.05) is 50.3 Å². The number of rotatable bonds is 10. The number of hydrogen-bond donors (Lipinski definition) is 0. The monoisotopic (exact) mass is 393 g/mol. The van der Waals surface area contributed by atoms with E-state index in [-0.39, 0.29) is 18.4 Å². The molecule has 0 saturated carbocycles. The molecule has 0 spiro atoms. The summed E-state index contributed by atoms with van der Waals surface area (Å²) in [5.41, 5.74) is 2.00. The van der Waals surface area contributed by atoms with Gasteiger partial charge >= 0.3 is 0 Å². The Kier molecular flexibility index (Phi) is 8.46. The van der Waals surface area contributed by atoms with E-state index < -0.39 is 0 Å². The van der Waals surface area contributed by atoms with Gasteiger partial charge in [-0.3, -0.25) is 9.59 Å². The van der Waals surface area contributed by atoms with Crippen LogP contribution in [0, 0.1) is 5.92 Å². The van der Waals surface area contributed by atoms with E-state index >= 15 is 0 Å². The van der Waals surface area contributed by atoms with Crippen LogP contribution in [-0.4, -0.2) is 45.8 Å². The molecule has 0 saturated heterocycles. The fourth-order valence-electron chi connectivity index (χ4n) is 3.04. The summed E-state index contributed by atoms with van der Waals surface area (Å²) >= 11 is 0. The fraction of sp³-hybridized carbons (Fsp3) is 0.333. The van der Waals surface area contributed by atoms with Gasteiger partial charge in [-0.25, -0.2) is 0 Å². The van der Waals surface area contributed by atoms with Crippen molar-refractivity contribution in [3.63, 3.8) is 0 Å². The highest BCUT2D eigenvalue weighted by molar-refractivity contribution is 5.94. The molecular formula is C24H31N3O2. The van der Waals surface area contributed by atoms with Crippen LogP contribution in [0.4, 0.5) is 0 Å². The predicted molar refractivity (Wildman–Crippen MR) is 118 cm³/mol. The number of amides is 2. The summed E-state index contributed by atoms with van der Waals surface area (Å²) in [6.45, 7) is 9.41. The molecule has 1 aromatic heterocycles. The standard InChI is InChI=1S/C24H31N3O2/c1-5-15-26(23(28)14-13-21-10-7-6-8-11-21)19-24(29)27(17-20(2)3)18-22-12-9-16-25(22)4/h5-14,16,20H,1,15,17-19H2,2-4H3/b14-13+. The van der Waals surface area contributed by atoms with E-state index in [2.05, 4.69) is 20.4 Å². The zero-order valence-electron chi connectivity index (χ0n) is 17.6. The Bertz CT molecular complexity index is 837. The number of carbonyl (C=O) groups excluding carboxylic acids is 2. The highest BCUT2D eigenvalue weighted by atomic mass is 16.2. The van der Waals surface area contributed by atoms with Gasteiger partial charge in [-0.05, 0) is 29.7 Å². The van der Waals surface area contributed by atoms with Gasteiger partial charge in [0.2, 0.25) is 11.8 Å². The van der Waals surface area contributed by atoms with E-state index in [4.69, 9.17) is 0 Å². The molecule has 2 rings (SSSR count). The van der Waals surface area contributed by atoms with Crippen LogP contribution in [0.15, 0.2) is 67.4 Å². The van der Waals surface area contributed by atoms with Crippen molar-refractivity contribution in [3.8, 4) is 0 Å². The normalized spacial score (nSPS) is 11.0. The third-order valence-electron chi connectivity index (χ3n) is 4.55. The molecular weight excluding hydrogens is 362 g/mol. The lowest BCUT2D eigenvalue weighted by atomic mass is 10.2. The Hall–Kier alpha value is -3.08. The van der Waals surface area contributed by atoms with Crippen molar-refractivity contribution in [2.24, 2.45) is 13.0 Å². The van der Waals surface area contributed by atoms with Crippen molar-refractivity contribution in [2.75, 3.05) is 19.6 Å². The van der Waals surface area contributed by atoms with Gasteiger partial charge < -0.3 is 14.4 Å². The van der Waals surface area contributed by atoms with Crippen LogP contribution >= 0.6 is 0 Å². The van der Waals surface area contributed by atoms with Crippen LogP contribution in [0.1, 0.15) is 25.1 Å². The Morgan fingerprint density at radius 1 is 1.10 bits per heavy atom. The Morgan fingerprint density at radius 2 is 1.83 bits per heavy atom. The molecule has 0 N–H and O–H groups in total. The van der Waals surface area contributed by atoms with Gasteiger partial charge in [-0.2, -0.15) is 0 Å². The molecule has 0 aliphatic carbocycles. The van der Waals surface area contributed by atoms with Crippen LogP contribution in [0.25, 0.3) is 6.08 Å². The lowest BCUT2D eigenvalue weighted by Gasteiger charge is -2.28. The lowest BCUT2D eigenvalue weighted by molar-refractivity contribution is -0.138. The minimum Gasteiger partial charge on any atom is -0.353 e. The highest BCUT2D eigenvalue weighted by Gasteiger charge is 2.21. The number of aryl methyl sites for hydroxylation is 1. The third-order valence-corrected chi connectivity index (χ3v) is 4.55. The van der Waals surface area contributed by atoms with Gasteiger partial charge in [0.05, 0.1) is 6.54 Å². The van der Waals surface area contributed by atoms with Crippen LogP contribution in [0.5, 0.6) is 0 Å². The van der Waals surface area contributed by atoms with Gasteiger partial charge in [-0.15, -0.1) is 6.58 Å². The summed E-state index contributed by atoms with van der Waals surface area (Å²) in [4.78, 5) is 29.1. The molecule has 0 atom stereocenters. The number of aromatic nitrogens is 1. The summed E-state index contributed by atoms with van der Waals surface area (Å²) in [6.07, 6.45) is 6.88. The van der Waals surface area contributed by atoms with Crippen LogP contribution in [0.2, 0.25) is 0 Å². The first-order chi connectivity index (χ1) is 13.9. The van der Waals surface area contributed by atoms with Crippen molar-refractivity contribution in [1.29, 1.82) is 0 Å². The molecule has 0 unspecified atom stereocenters. The second-order valence-electron chi connectivity index (χ2n) is 7.53. The summed E-state index contributed by atoms with van der Waals surface area (Å²) in [7, 11) is 1.97. The largest absolute Gasteiger partial charge is 0.353 e. The van der Waals surface area contributed by atoms with Gasteiger partial charge in [0, 0.05) is 38.1 Å². The maximum atomic E-state index is 13.0. The van der Waals surface area contributed by atoms with Crippen molar-refractivity contribution in [1.82, 2.24) is 14.4 Å². The Labute approximate surface area is 173 Å². The molecule has 154 valence electrons. The maximum absolute atomic E-state index is 13.0. The SMILES string of the molecule is C=CCN(CC(=O)N(Cc1cccn1C)CC(C)C)C(=O)/C=C/c1ccccc1.